The smallest absolute Gasteiger partial charge is 0.673 e. The van der Waals surface area contributed by atoms with Gasteiger partial charge in [0.2, 0.25) is 0 Å². The molecule has 0 spiro atoms. The minimum absolute atomic E-state index is 0. The van der Waals surface area contributed by atoms with E-state index in [1.54, 1.807) is 0 Å². The van der Waals surface area contributed by atoms with E-state index >= 15 is 0 Å². The summed E-state index contributed by atoms with van der Waals surface area (Å²) in [5, 5.41) is 0. The summed E-state index contributed by atoms with van der Waals surface area (Å²) in [5.74, 6) is 0. The van der Waals surface area contributed by atoms with E-state index in [4.69, 9.17) is 5.73 Å². The summed E-state index contributed by atoms with van der Waals surface area (Å²) < 4.78 is 0. The molecule has 0 fully saturated rings. The zero-order valence-electron chi connectivity index (χ0n) is 15.3. The van der Waals surface area contributed by atoms with Crippen molar-refractivity contribution in [2.24, 2.45) is 0 Å². The zero-order chi connectivity index (χ0) is 16.0. The molecule has 0 aliphatic heterocycles. The van der Waals surface area contributed by atoms with E-state index in [2.05, 4.69) is 56.3 Å². The second-order valence-corrected chi connectivity index (χ2v) is 6.80. The van der Waals surface area contributed by atoms with Gasteiger partial charge in [-0.25, -0.2) is 0 Å². The number of rotatable bonds is 3. The molecule has 0 bridgehead atoms. The largest absolute Gasteiger partial charge is 2.00 e. The second kappa shape index (κ2) is 13.1. The molecule has 134 valence electrons. The van der Waals surface area contributed by atoms with Gasteiger partial charge in [-0.1, -0.05) is 44.6 Å². The van der Waals surface area contributed by atoms with Crippen molar-refractivity contribution in [1.29, 1.82) is 0 Å². The number of benzene rings is 1. The predicted octanol–water partition coefficient (Wildman–Crippen LogP) is 5.82. The van der Waals surface area contributed by atoms with Crippen LogP contribution in [-0.2, 0) is 21.7 Å². The van der Waals surface area contributed by atoms with E-state index in [-0.39, 0.29) is 52.1 Å². The van der Waals surface area contributed by atoms with Crippen molar-refractivity contribution < 1.29 is 21.7 Å². The first-order valence-corrected chi connectivity index (χ1v) is 7.37. The van der Waals surface area contributed by atoms with Gasteiger partial charge in [0.15, 0.2) is 0 Å². The van der Waals surface area contributed by atoms with Gasteiger partial charge in [-0.05, 0) is 26.1 Å². The first-order chi connectivity index (χ1) is 9.66. The minimum Gasteiger partial charge on any atom is -0.673 e. The Labute approximate surface area is 175 Å². The van der Waals surface area contributed by atoms with Crippen LogP contribution >= 0.6 is 24.8 Å². The monoisotopic (exact) mass is 404 g/mol. The quantitative estimate of drug-likeness (QED) is 0.460. The fourth-order valence-corrected chi connectivity index (χ4v) is 2.08. The topological polar surface area (TPSA) is 27.0 Å². The van der Waals surface area contributed by atoms with Crippen molar-refractivity contribution in [2.75, 3.05) is 20.6 Å². The molecule has 0 saturated carbocycles. The number of hydrogen-bond donors (Lipinski definition) is 0. The van der Waals surface area contributed by atoms with E-state index in [0.29, 0.717) is 0 Å². The fourth-order valence-electron chi connectivity index (χ4n) is 2.08. The molecule has 1 aliphatic rings. The standard InChI is InChI=1S/C15H18N.C4H10N.2ClH.Ti/c1-12-6-4-5-7-15(12)14-9-8-13(10-14)11-16(2)3;1-4(2,3)5;;;/h4-8,10H,1,9,11H2,2-3H3;5H,1-3H3;2*1H;/q2*-1;;;+2. The van der Waals surface area contributed by atoms with Crippen LogP contribution in [0, 0.1) is 6.92 Å². The molecule has 2 rings (SSSR count). The summed E-state index contributed by atoms with van der Waals surface area (Å²) in [6, 6.07) is 8.34. The van der Waals surface area contributed by atoms with Crippen molar-refractivity contribution in [3.63, 3.8) is 0 Å². The van der Waals surface area contributed by atoms with Crippen molar-refractivity contribution >= 4 is 30.4 Å². The maximum Gasteiger partial charge on any atom is 2.00 e. The SMILES string of the molecule is CC(C)(C)[NH-].Cl.Cl.[CH2-]c1ccccc1C1=CC(CN(C)C)=CC1.[Ti+2]. The summed E-state index contributed by atoms with van der Waals surface area (Å²) >= 11 is 0. The number of halogens is 2. The Hall–Kier alpha value is -0.216. The van der Waals surface area contributed by atoms with Crippen LogP contribution < -0.4 is 0 Å². The summed E-state index contributed by atoms with van der Waals surface area (Å²) in [6.45, 7) is 10.7. The molecule has 0 radical (unpaired) electrons. The summed E-state index contributed by atoms with van der Waals surface area (Å²) in [4.78, 5) is 2.20. The molecular weight excluding hydrogens is 375 g/mol. The van der Waals surface area contributed by atoms with Crippen LogP contribution in [0.1, 0.15) is 38.3 Å². The van der Waals surface area contributed by atoms with Crippen molar-refractivity contribution in [1.82, 2.24) is 4.90 Å². The molecule has 0 heterocycles. The first kappa shape index (κ1) is 28.6. The van der Waals surface area contributed by atoms with Crippen molar-refractivity contribution in [3.05, 3.63) is 65.8 Å². The molecule has 0 unspecified atom stereocenters. The number of likely N-dealkylation sites (N-methyl/N-ethyl adjacent to an activating group) is 1. The Balaban J connectivity index is -0.000000490. The van der Waals surface area contributed by atoms with Gasteiger partial charge >= 0.3 is 21.7 Å². The number of nitrogens with one attached hydrogen (secondary N) is 1. The van der Waals surface area contributed by atoms with Crippen LogP contribution in [-0.4, -0.2) is 31.1 Å². The third kappa shape index (κ3) is 12.2. The molecule has 2 nitrogen and oxygen atoms in total. The molecule has 5 heteroatoms. The Kier molecular flexibility index (Phi) is 15.5. The zero-order valence-corrected chi connectivity index (χ0v) is 18.5. The summed E-state index contributed by atoms with van der Waals surface area (Å²) in [5.41, 5.74) is 11.9. The Morgan fingerprint density at radius 1 is 1.12 bits per heavy atom. The van der Waals surface area contributed by atoms with Crippen LogP contribution in [0.5, 0.6) is 0 Å². The molecule has 1 aromatic carbocycles. The second-order valence-electron chi connectivity index (χ2n) is 6.80. The third-order valence-corrected chi connectivity index (χ3v) is 2.81. The predicted molar refractivity (Wildman–Crippen MR) is 109 cm³/mol. The van der Waals surface area contributed by atoms with Gasteiger partial charge in [-0.2, -0.15) is 18.6 Å². The van der Waals surface area contributed by atoms with Crippen LogP contribution in [0.2, 0.25) is 0 Å². The Bertz CT molecular complexity index is 526. The van der Waals surface area contributed by atoms with E-state index < -0.39 is 0 Å². The molecule has 0 atom stereocenters. The van der Waals surface area contributed by atoms with Gasteiger partial charge < -0.3 is 10.6 Å². The molecular formula is C19H30Cl2N2Ti. The number of nitrogens with zero attached hydrogens (tertiary/aromatic N) is 1. The maximum absolute atomic E-state index is 6.94. The van der Waals surface area contributed by atoms with Gasteiger partial charge in [0.25, 0.3) is 0 Å². The van der Waals surface area contributed by atoms with Gasteiger partial charge in [-0.15, -0.1) is 48.0 Å². The van der Waals surface area contributed by atoms with Gasteiger partial charge in [-0.3, -0.25) is 0 Å². The third-order valence-electron chi connectivity index (χ3n) is 2.81. The normalized spacial score (nSPS) is 12.6. The molecule has 1 aliphatic carbocycles. The van der Waals surface area contributed by atoms with Crippen molar-refractivity contribution in [3.8, 4) is 0 Å². The van der Waals surface area contributed by atoms with E-state index in [9.17, 15) is 0 Å². The molecule has 1 N–H and O–H groups in total. The average molecular weight is 405 g/mol. The van der Waals surface area contributed by atoms with Gasteiger partial charge in [0, 0.05) is 6.54 Å². The molecule has 24 heavy (non-hydrogen) atoms. The maximum atomic E-state index is 6.94. The van der Waals surface area contributed by atoms with Crippen LogP contribution in [0.15, 0.2) is 42.0 Å². The van der Waals surface area contributed by atoms with E-state index in [1.807, 2.05) is 26.8 Å². The van der Waals surface area contributed by atoms with Gasteiger partial charge in [0.1, 0.15) is 0 Å². The van der Waals surface area contributed by atoms with E-state index in [0.717, 1.165) is 18.5 Å². The molecule has 0 aromatic heterocycles. The average Bonchev–Trinajstić information content (AvgIpc) is 2.74. The first-order valence-electron chi connectivity index (χ1n) is 7.37. The summed E-state index contributed by atoms with van der Waals surface area (Å²) in [7, 11) is 4.20. The number of hydrogen-bond acceptors (Lipinski definition) is 1. The van der Waals surface area contributed by atoms with E-state index in [1.165, 1.54) is 16.7 Å². The number of allylic oxidation sites excluding steroid dienone is 2. The minimum atomic E-state index is -0.250. The summed E-state index contributed by atoms with van der Waals surface area (Å²) in [6.07, 6.45) is 5.64. The fraction of sp³-hybridized carbons (Fsp3) is 0.421. The molecule has 0 amide bonds. The van der Waals surface area contributed by atoms with Crippen LogP contribution in [0.25, 0.3) is 11.3 Å². The van der Waals surface area contributed by atoms with Crippen LogP contribution in [0.3, 0.4) is 0 Å². The molecule has 1 aromatic rings. The Morgan fingerprint density at radius 2 is 1.62 bits per heavy atom. The van der Waals surface area contributed by atoms with Crippen LogP contribution in [0.4, 0.5) is 0 Å². The molecule has 0 saturated heterocycles. The van der Waals surface area contributed by atoms with Crippen molar-refractivity contribution in [2.45, 2.75) is 32.7 Å². The van der Waals surface area contributed by atoms with Gasteiger partial charge in [0.05, 0.1) is 0 Å². The Morgan fingerprint density at radius 3 is 2.08 bits per heavy atom.